The molecule has 2 nitrogen and oxygen atoms in total. The average molecular weight is 292 g/mol. The third-order valence-corrected chi connectivity index (χ3v) is 3.85. The van der Waals surface area contributed by atoms with Crippen LogP contribution in [0.4, 0.5) is 0 Å². The molecule has 2 N–H and O–H groups in total. The van der Waals surface area contributed by atoms with Crippen LogP contribution >= 0.6 is 36.9 Å². The molecule has 0 aliphatic rings. The highest BCUT2D eigenvalue weighted by atomic mass is 79.9. The number of halogens is 1. The second kappa shape index (κ2) is 7.25. The number of thiocyanates is 1. The van der Waals surface area contributed by atoms with Crippen molar-refractivity contribution in [2.45, 2.75) is 5.25 Å². The van der Waals surface area contributed by atoms with E-state index in [-0.39, 0.29) is 10.7 Å². The lowest BCUT2D eigenvalue weighted by Gasteiger charge is -2.09. The lowest BCUT2D eigenvalue weighted by atomic mass is 10.2. The zero-order valence-electron chi connectivity index (χ0n) is 7.40. The van der Waals surface area contributed by atoms with E-state index in [0.717, 1.165) is 10.6 Å². The van der Waals surface area contributed by atoms with Crippen LogP contribution in [-0.4, -0.2) is 11.6 Å². The van der Waals surface area contributed by atoms with Gasteiger partial charge < -0.3 is 5.48 Å². The fourth-order valence-corrected chi connectivity index (χ4v) is 2.34. The van der Waals surface area contributed by atoms with Crippen LogP contribution in [-0.2, 0) is 0 Å². The lowest BCUT2D eigenvalue weighted by molar-refractivity contribution is 0.824. The smallest absolute Gasteiger partial charge is 0.133 e. The van der Waals surface area contributed by atoms with Crippen molar-refractivity contribution in [2.24, 2.45) is 0 Å². The number of benzene rings is 1. The van der Waals surface area contributed by atoms with Gasteiger partial charge in [-0.3, -0.25) is 0 Å². The van der Waals surface area contributed by atoms with Crippen molar-refractivity contribution in [3.8, 4) is 5.40 Å². The highest BCUT2D eigenvalue weighted by Crippen LogP contribution is 2.30. The molecule has 0 saturated carbocycles. The van der Waals surface area contributed by atoms with Crippen molar-refractivity contribution in [1.82, 2.24) is 0 Å². The Morgan fingerprint density at radius 2 is 2.00 bits per heavy atom. The Labute approximate surface area is 98.7 Å². The molecule has 0 saturated heterocycles. The molecule has 0 aliphatic heterocycles. The van der Waals surface area contributed by atoms with Gasteiger partial charge in [-0.05, 0) is 35.6 Å². The minimum atomic E-state index is 0. The summed E-state index contributed by atoms with van der Waals surface area (Å²) < 4.78 is 1.07. The van der Waals surface area contributed by atoms with Gasteiger partial charge in [-0.1, -0.05) is 28.1 Å². The maximum atomic E-state index is 8.58. The summed E-state index contributed by atoms with van der Waals surface area (Å²) in [6, 6.07) is 8.09. The van der Waals surface area contributed by atoms with Crippen molar-refractivity contribution in [1.29, 1.82) is 5.26 Å². The van der Waals surface area contributed by atoms with Crippen molar-refractivity contribution < 1.29 is 5.48 Å². The molecule has 0 heterocycles. The minimum absolute atomic E-state index is 0. The van der Waals surface area contributed by atoms with Gasteiger partial charge >= 0.3 is 0 Å². The van der Waals surface area contributed by atoms with E-state index in [1.54, 1.807) is 0 Å². The van der Waals surface area contributed by atoms with Gasteiger partial charge in [0, 0.05) is 9.72 Å². The van der Waals surface area contributed by atoms with Crippen LogP contribution in [0.2, 0.25) is 0 Å². The summed E-state index contributed by atoms with van der Waals surface area (Å²) in [6.07, 6.45) is 0.903. The number of thioether (sulfide) groups is 1. The molecule has 0 radical (unpaired) electrons. The summed E-state index contributed by atoms with van der Waals surface area (Å²) in [4.78, 5) is 0. The predicted molar refractivity (Wildman–Crippen MR) is 68.3 cm³/mol. The highest BCUT2D eigenvalue weighted by molar-refractivity contribution is 9.10. The maximum absolute atomic E-state index is 8.58. The monoisotopic (exact) mass is 291 g/mol. The van der Waals surface area contributed by atoms with E-state index in [1.807, 2.05) is 24.3 Å². The van der Waals surface area contributed by atoms with Crippen LogP contribution < -0.4 is 0 Å². The Hall–Kier alpha value is -0.0700. The fraction of sp³-hybridized carbons (Fsp3) is 0.222. The van der Waals surface area contributed by atoms with Gasteiger partial charge in [0.25, 0.3) is 0 Å². The zero-order valence-corrected chi connectivity index (χ0v) is 11.0. The molecule has 5 heteroatoms. The van der Waals surface area contributed by atoms with E-state index >= 15 is 0 Å². The summed E-state index contributed by atoms with van der Waals surface area (Å²) >= 11 is 4.68. The average Bonchev–Trinajstić information content (AvgIpc) is 2.16. The van der Waals surface area contributed by atoms with Gasteiger partial charge in [0.1, 0.15) is 5.40 Å². The van der Waals surface area contributed by atoms with Crippen molar-refractivity contribution >= 4 is 36.9 Å². The van der Waals surface area contributed by atoms with E-state index < -0.39 is 0 Å². The van der Waals surface area contributed by atoms with E-state index in [9.17, 15) is 0 Å². The molecule has 1 aromatic carbocycles. The number of hydrogen-bond acceptors (Lipinski definition) is 2. The Balaban J connectivity index is 0.00000169. The Morgan fingerprint density at radius 1 is 1.43 bits per heavy atom. The largest absolute Gasteiger partial charge is 0.412 e. The van der Waals surface area contributed by atoms with Gasteiger partial charge in [0.2, 0.25) is 0 Å². The van der Waals surface area contributed by atoms with Crippen LogP contribution in [0.3, 0.4) is 0 Å². The minimum Gasteiger partial charge on any atom is -0.412 e. The maximum Gasteiger partial charge on any atom is 0.133 e. The van der Waals surface area contributed by atoms with Crippen molar-refractivity contribution in [3.05, 3.63) is 34.3 Å². The molecular formula is C9H11BrNOPS. The SMILES string of the molecule is N#CSC(CP)c1ccc(Br)cc1.O. The van der Waals surface area contributed by atoms with Gasteiger partial charge in [-0.2, -0.15) is 5.26 Å². The lowest BCUT2D eigenvalue weighted by Crippen LogP contribution is -1.93. The molecule has 0 spiro atoms. The normalized spacial score (nSPS) is 11.2. The topological polar surface area (TPSA) is 55.3 Å². The predicted octanol–water partition coefficient (Wildman–Crippen LogP) is 2.75. The van der Waals surface area contributed by atoms with E-state index in [2.05, 4.69) is 30.6 Å². The van der Waals surface area contributed by atoms with Gasteiger partial charge in [-0.25, -0.2) is 0 Å². The molecule has 0 amide bonds. The van der Waals surface area contributed by atoms with Crippen LogP contribution in [0, 0.1) is 10.7 Å². The quantitative estimate of drug-likeness (QED) is 0.635. The van der Waals surface area contributed by atoms with E-state index in [0.29, 0.717) is 0 Å². The molecule has 1 rings (SSSR count). The molecule has 0 aromatic heterocycles. The summed E-state index contributed by atoms with van der Waals surface area (Å²) in [5.74, 6) is 0. The third kappa shape index (κ3) is 3.98. The van der Waals surface area contributed by atoms with Crippen molar-refractivity contribution in [3.63, 3.8) is 0 Å². The van der Waals surface area contributed by atoms with Crippen LogP contribution in [0.15, 0.2) is 28.7 Å². The summed E-state index contributed by atoms with van der Waals surface area (Å²) in [6.45, 7) is 0. The zero-order chi connectivity index (χ0) is 9.68. The highest BCUT2D eigenvalue weighted by Gasteiger charge is 2.08. The number of rotatable bonds is 3. The first-order chi connectivity index (χ1) is 6.27. The Morgan fingerprint density at radius 3 is 2.43 bits per heavy atom. The summed E-state index contributed by atoms with van der Waals surface area (Å²) in [5.41, 5.74) is 1.20. The van der Waals surface area contributed by atoms with Gasteiger partial charge in [0.05, 0.1) is 0 Å². The van der Waals surface area contributed by atoms with E-state index in [1.165, 1.54) is 17.3 Å². The third-order valence-electron chi connectivity index (χ3n) is 1.65. The first-order valence-corrected chi connectivity index (χ1v) is 6.27. The summed E-state index contributed by atoms with van der Waals surface area (Å²) in [7, 11) is 2.67. The molecule has 76 valence electrons. The first-order valence-electron chi connectivity index (χ1n) is 3.78. The number of nitrogens with zero attached hydrogens (tertiary/aromatic N) is 1. The molecule has 1 aromatic rings. The van der Waals surface area contributed by atoms with Gasteiger partial charge in [0.15, 0.2) is 0 Å². The Kier molecular flexibility index (Phi) is 7.22. The van der Waals surface area contributed by atoms with E-state index in [4.69, 9.17) is 5.26 Å². The molecule has 2 unspecified atom stereocenters. The van der Waals surface area contributed by atoms with Crippen LogP contribution in [0.25, 0.3) is 0 Å². The molecule has 0 fully saturated rings. The standard InChI is InChI=1S/C9H9BrNPS.H2O/c10-8-3-1-7(2-4-8)9(5-12)13-6-11;/h1-4,9H,5,12H2;1H2. The second-order valence-corrected chi connectivity index (χ2v) is 4.86. The molecule has 0 aliphatic carbocycles. The number of nitriles is 1. The van der Waals surface area contributed by atoms with Gasteiger partial charge in [-0.15, -0.1) is 9.24 Å². The molecule has 14 heavy (non-hydrogen) atoms. The molecule has 2 atom stereocenters. The van der Waals surface area contributed by atoms with Crippen molar-refractivity contribution in [2.75, 3.05) is 6.16 Å². The van der Waals surface area contributed by atoms with Crippen LogP contribution in [0.5, 0.6) is 0 Å². The molecular weight excluding hydrogens is 281 g/mol. The van der Waals surface area contributed by atoms with Crippen LogP contribution in [0.1, 0.15) is 10.8 Å². The number of hydrogen-bond donors (Lipinski definition) is 0. The first kappa shape index (κ1) is 13.9. The fourth-order valence-electron chi connectivity index (χ4n) is 0.993. The molecule has 0 bridgehead atoms. The summed E-state index contributed by atoms with van der Waals surface area (Å²) in [5, 5.41) is 11.0. The second-order valence-electron chi connectivity index (χ2n) is 2.49. The Bertz CT molecular complexity index is 312.